The van der Waals surface area contributed by atoms with E-state index in [0.29, 0.717) is 5.02 Å². The van der Waals surface area contributed by atoms with Gasteiger partial charge in [0.15, 0.2) is 0 Å². The smallest absolute Gasteiger partial charge is 0.127 e. The molecule has 3 nitrogen and oxygen atoms in total. The quantitative estimate of drug-likeness (QED) is 0.815. The van der Waals surface area contributed by atoms with E-state index in [9.17, 15) is 0 Å². The molecule has 0 atom stereocenters. The van der Waals surface area contributed by atoms with Gasteiger partial charge in [-0.15, -0.1) is 0 Å². The third-order valence-electron chi connectivity index (χ3n) is 3.68. The van der Waals surface area contributed by atoms with Crippen LogP contribution in [-0.4, -0.2) is 9.97 Å². The molecule has 1 aromatic carbocycles. The molecule has 2 aromatic rings. The molecule has 0 spiro atoms. The summed E-state index contributed by atoms with van der Waals surface area (Å²) in [5, 5.41) is 0.685. The van der Waals surface area contributed by atoms with Crippen molar-refractivity contribution in [3.05, 3.63) is 29.0 Å². The second kappa shape index (κ2) is 4.00. The lowest BCUT2D eigenvalue weighted by Crippen LogP contribution is -2.39. The number of nitrogens with zero attached hydrogens (tertiary/aromatic N) is 1. The molecule has 0 bridgehead atoms. The van der Waals surface area contributed by atoms with Crippen molar-refractivity contribution in [1.29, 1.82) is 0 Å². The molecule has 17 heavy (non-hydrogen) atoms. The average molecular weight is 250 g/mol. The van der Waals surface area contributed by atoms with Gasteiger partial charge in [-0.3, -0.25) is 0 Å². The van der Waals surface area contributed by atoms with E-state index in [1.165, 1.54) is 19.3 Å². The highest BCUT2D eigenvalue weighted by Crippen LogP contribution is 2.34. The molecule has 1 fully saturated rings. The Bertz CT molecular complexity index is 541. The fourth-order valence-electron chi connectivity index (χ4n) is 2.65. The molecule has 0 radical (unpaired) electrons. The lowest BCUT2D eigenvalue weighted by Gasteiger charge is -2.31. The van der Waals surface area contributed by atoms with Crippen molar-refractivity contribution >= 4 is 22.6 Å². The highest BCUT2D eigenvalue weighted by Gasteiger charge is 2.32. The Morgan fingerprint density at radius 1 is 1.24 bits per heavy atom. The van der Waals surface area contributed by atoms with Crippen molar-refractivity contribution in [2.24, 2.45) is 5.73 Å². The number of hydrogen-bond donors (Lipinski definition) is 2. The van der Waals surface area contributed by atoms with Crippen molar-refractivity contribution in [1.82, 2.24) is 9.97 Å². The molecule has 0 amide bonds. The molecule has 4 heteroatoms. The lowest BCUT2D eigenvalue weighted by molar-refractivity contribution is 0.289. The topological polar surface area (TPSA) is 54.7 Å². The Hall–Kier alpha value is -1.06. The van der Waals surface area contributed by atoms with Crippen LogP contribution < -0.4 is 5.73 Å². The van der Waals surface area contributed by atoms with Crippen LogP contribution in [0, 0.1) is 0 Å². The zero-order valence-electron chi connectivity index (χ0n) is 9.67. The minimum atomic E-state index is -0.291. The van der Waals surface area contributed by atoms with Crippen LogP contribution in [0.4, 0.5) is 0 Å². The van der Waals surface area contributed by atoms with Gasteiger partial charge in [-0.05, 0) is 25.0 Å². The van der Waals surface area contributed by atoms with Crippen molar-refractivity contribution in [3.63, 3.8) is 0 Å². The SMILES string of the molecule is NC1(c2nc3c(Cl)cccc3[nH]2)CCCCC1. The number of para-hydroxylation sites is 1. The van der Waals surface area contributed by atoms with E-state index >= 15 is 0 Å². The van der Waals surface area contributed by atoms with Crippen molar-refractivity contribution in [2.75, 3.05) is 0 Å². The van der Waals surface area contributed by atoms with Crippen LogP contribution in [0.1, 0.15) is 37.9 Å². The zero-order chi connectivity index (χ0) is 11.9. The highest BCUT2D eigenvalue weighted by molar-refractivity contribution is 6.34. The van der Waals surface area contributed by atoms with Gasteiger partial charge < -0.3 is 10.7 Å². The van der Waals surface area contributed by atoms with Gasteiger partial charge in [0, 0.05) is 0 Å². The molecular formula is C13H16ClN3. The van der Waals surface area contributed by atoms with Crippen LogP contribution in [0.5, 0.6) is 0 Å². The summed E-state index contributed by atoms with van der Waals surface area (Å²) in [6, 6.07) is 5.78. The summed E-state index contributed by atoms with van der Waals surface area (Å²) in [6.45, 7) is 0. The number of aromatic amines is 1. The van der Waals surface area contributed by atoms with Crippen molar-refractivity contribution in [2.45, 2.75) is 37.6 Å². The molecule has 1 aliphatic rings. The molecule has 90 valence electrons. The first-order chi connectivity index (χ1) is 8.19. The van der Waals surface area contributed by atoms with Crippen LogP contribution in [0.2, 0.25) is 5.02 Å². The maximum Gasteiger partial charge on any atom is 0.127 e. The standard InChI is InChI=1S/C13H16ClN3/c14-9-5-4-6-10-11(9)17-12(16-10)13(15)7-2-1-3-8-13/h4-6H,1-3,7-8,15H2,(H,16,17). The van der Waals surface area contributed by atoms with E-state index in [2.05, 4.69) is 9.97 Å². The van der Waals surface area contributed by atoms with E-state index in [4.69, 9.17) is 17.3 Å². The molecule has 1 aliphatic carbocycles. The monoisotopic (exact) mass is 249 g/mol. The van der Waals surface area contributed by atoms with Crippen LogP contribution >= 0.6 is 11.6 Å². The summed E-state index contributed by atoms with van der Waals surface area (Å²) in [5.41, 5.74) is 7.97. The Morgan fingerprint density at radius 2 is 2.00 bits per heavy atom. The summed E-state index contributed by atoms with van der Waals surface area (Å²) in [7, 11) is 0. The molecule has 1 aromatic heterocycles. The normalized spacial score (nSPS) is 19.6. The Kier molecular flexibility index (Phi) is 2.60. The van der Waals surface area contributed by atoms with Gasteiger partial charge in [0.1, 0.15) is 11.3 Å². The molecule has 3 rings (SSSR count). The molecule has 1 saturated carbocycles. The predicted octanol–water partition coefficient (Wildman–Crippen LogP) is 3.33. The van der Waals surface area contributed by atoms with Crippen LogP contribution in [0.25, 0.3) is 11.0 Å². The average Bonchev–Trinajstić information content (AvgIpc) is 2.76. The number of benzene rings is 1. The molecule has 1 heterocycles. The lowest BCUT2D eigenvalue weighted by atomic mass is 9.82. The molecule has 0 aliphatic heterocycles. The first-order valence-electron chi connectivity index (χ1n) is 6.13. The maximum absolute atomic E-state index is 6.46. The van der Waals surface area contributed by atoms with E-state index in [0.717, 1.165) is 29.7 Å². The molecular weight excluding hydrogens is 234 g/mol. The molecule has 0 saturated heterocycles. The minimum absolute atomic E-state index is 0.291. The van der Waals surface area contributed by atoms with Gasteiger partial charge in [0.25, 0.3) is 0 Å². The van der Waals surface area contributed by atoms with Crippen LogP contribution in [0.3, 0.4) is 0 Å². The number of imidazole rings is 1. The summed E-state index contributed by atoms with van der Waals surface area (Å²) >= 11 is 6.13. The van der Waals surface area contributed by atoms with Gasteiger partial charge in [-0.1, -0.05) is 36.9 Å². The summed E-state index contributed by atoms with van der Waals surface area (Å²) < 4.78 is 0. The number of nitrogens with two attached hydrogens (primary N) is 1. The van der Waals surface area contributed by atoms with Gasteiger partial charge in [-0.2, -0.15) is 0 Å². The highest BCUT2D eigenvalue weighted by atomic mass is 35.5. The van der Waals surface area contributed by atoms with E-state index in [1.807, 2.05) is 18.2 Å². The minimum Gasteiger partial charge on any atom is -0.340 e. The van der Waals surface area contributed by atoms with Gasteiger partial charge in [0.2, 0.25) is 0 Å². The number of halogens is 1. The van der Waals surface area contributed by atoms with Crippen molar-refractivity contribution < 1.29 is 0 Å². The molecule has 3 N–H and O–H groups in total. The predicted molar refractivity (Wildman–Crippen MR) is 70.1 cm³/mol. The summed E-state index contributed by atoms with van der Waals surface area (Å²) in [6.07, 6.45) is 5.65. The van der Waals surface area contributed by atoms with Crippen molar-refractivity contribution in [3.8, 4) is 0 Å². The van der Waals surface area contributed by atoms with Gasteiger partial charge in [0.05, 0.1) is 16.1 Å². The first-order valence-corrected chi connectivity index (χ1v) is 6.50. The summed E-state index contributed by atoms with van der Waals surface area (Å²) in [4.78, 5) is 7.92. The Morgan fingerprint density at radius 3 is 2.71 bits per heavy atom. The number of hydrogen-bond acceptors (Lipinski definition) is 2. The van der Waals surface area contributed by atoms with E-state index < -0.39 is 0 Å². The second-order valence-corrected chi connectivity index (χ2v) is 5.35. The number of fused-ring (bicyclic) bond motifs is 1. The van der Waals surface area contributed by atoms with E-state index in [1.54, 1.807) is 0 Å². The molecule has 0 unspecified atom stereocenters. The van der Waals surface area contributed by atoms with Crippen LogP contribution in [0.15, 0.2) is 18.2 Å². The van der Waals surface area contributed by atoms with Gasteiger partial charge in [-0.25, -0.2) is 4.98 Å². The maximum atomic E-state index is 6.46. The number of H-pyrrole nitrogens is 1. The fourth-order valence-corrected chi connectivity index (χ4v) is 2.87. The number of aromatic nitrogens is 2. The third-order valence-corrected chi connectivity index (χ3v) is 3.99. The zero-order valence-corrected chi connectivity index (χ0v) is 10.4. The fraction of sp³-hybridized carbons (Fsp3) is 0.462. The summed E-state index contributed by atoms with van der Waals surface area (Å²) in [5.74, 6) is 0.889. The Labute approximate surface area is 105 Å². The second-order valence-electron chi connectivity index (χ2n) is 4.94. The number of rotatable bonds is 1. The van der Waals surface area contributed by atoms with Gasteiger partial charge >= 0.3 is 0 Å². The number of nitrogens with one attached hydrogen (secondary N) is 1. The largest absolute Gasteiger partial charge is 0.340 e. The van der Waals surface area contributed by atoms with Crippen LogP contribution in [-0.2, 0) is 5.54 Å². The first kappa shape index (κ1) is 11.1. The Balaban J connectivity index is 2.08. The third kappa shape index (κ3) is 1.83. The van der Waals surface area contributed by atoms with E-state index in [-0.39, 0.29) is 5.54 Å².